The molecule has 1 heterocycles. The minimum absolute atomic E-state index is 0.186. The molecule has 1 N–H and O–H groups in total. The summed E-state index contributed by atoms with van der Waals surface area (Å²) in [4.78, 5) is 25.5. The molecule has 0 unspecified atom stereocenters. The zero-order valence-electron chi connectivity index (χ0n) is 13.7. The minimum Gasteiger partial charge on any atom is -0.443 e. The van der Waals surface area contributed by atoms with E-state index in [1.807, 2.05) is 36.6 Å². The standard InChI is InChI=1S/C19H21NO3S/c1-13-8-10-14(11-9-13)17(18(21)20-15-5-2-3-6-15)23-19(22)16-7-4-12-24-16/h4,7-12,15,17H,2-3,5-6H2,1H3,(H,20,21)/t17-/m0/s1. The van der Waals surface area contributed by atoms with Crippen molar-refractivity contribution in [3.8, 4) is 0 Å². The van der Waals surface area contributed by atoms with Crippen LogP contribution in [0.3, 0.4) is 0 Å². The first-order valence-electron chi connectivity index (χ1n) is 8.25. The lowest BCUT2D eigenvalue weighted by Crippen LogP contribution is -2.38. The fourth-order valence-corrected chi connectivity index (χ4v) is 3.53. The average molecular weight is 343 g/mol. The molecular weight excluding hydrogens is 322 g/mol. The highest BCUT2D eigenvalue weighted by atomic mass is 32.1. The Balaban J connectivity index is 1.78. The predicted octanol–water partition coefficient (Wildman–Crippen LogP) is 4.01. The molecule has 1 aromatic carbocycles. The summed E-state index contributed by atoms with van der Waals surface area (Å²) in [5, 5.41) is 4.85. The van der Waals surface area contributed by atoms with E-state index in [1.54, 1.807) is 12.1 Å². The van der Waals surface area contributed by atoms with E-state index in [9.17, 15) is 9.59 Å². The van der Waals surface area contributed by atoms with Crippen molar-refractivity contribution in [2.75, 3.05) is 0 Å². The van der Waals surface area contributed by atoms with E-state index in [0.717, 1.165) is 31.2 Å². The second-order valence-electron chi connectivity index (χ2n) is 6.16. The van der Waals surface area contributed by atoms with Crippen LogP contribution in [0.15, 0.2) is 41.8 Å². The van der Waals surface area contributed by atoms with Gasteiger partial charge >= 0.3 is 5.97 Å². The van der Waals surface area contributed by atoms with Crippen molar-refractivity contribution in [3.05, 3.63) is 57.8 Å². The van der Waals surface area contributed by atoms with Crippen molar-refractivity contribution in [1.29, 1.82) is 0 Å². The third kappa shape index (κ3) is 4.03. The first-order valence-corrected chi connectivity index (χ1v) is 9.13. The van der Waals surface area contributed by atoms with Gasteiger partial charge in [-0.3, -0.25) is 4.79 Å². The summed E-state index contributed by atoms with van der Waals surface area (Å²) in [5.41, 5.74) is 1.79. The van der Waals surface area contributed by atoms with Crippen LogP contribution in [0.2, 0.25) is 0 Å². The number of aryl methyl sites for hydroxylation is 1. The Hall–Kier alpha value is -2.14. The van der Waals surface area contributed by atoms with E-state index in [2.05, 4.69) is 5.32 Å². The van der Waals surface area contributed by atoms with Gasteiger partial charge in [-0.25, -0.2) is 4.79 Å². The van der Waals surface area contributed by atoms with Gasteiger partial charge in [-0.05, 0) is 31.2 Å². The third-order valence-electron chi connectivity index (χ3n) is 4.27. The number of ether oxygens (including phenoxy) is 1. The van der Waals surface area contributed by atoms with Gasteiger partial charge in [0.25, 0.3) is 5.91 Å². The van der Waals surface area contributed by atoms with Gasteiger partial charge in [0.15, 0.2) is 0 Å². The fraction of sp³-hybridized carbons (Fsp3) is 0.368. The summed E-state index contributed by atoms with van der Waals surface area (Å²) < 4.78 is 5.55. The van der Waals surface area contributed by atoms with Crippen LogP contribution in [-0.4, -0.2) is 17.9 Å². The summed E-state index contributed by atoms with van der Waals surface area (Å²) in [6.07, 6.45) is 3.33. The number of hydrogen-bond acceptors (Lipinski definition) is 4. The van der Waals surface area contributed by atoms with E-state index in [-0.39, 0.29) is 11.9 Å². The molecule has 1 aliphatic rings. The summed E-state index contributed by atoms with van der Waals surface area (Å²) in [6, 6.07) is 11.2. The lowest BCUT2D eigenvalue weighted by atomic mass is 10.1. The molecule has 4 nitrogen and oxygen atoms in total. The number of benzene rings is 1. The molecule has 1 aromatic heterocycles. The Morgan fingerprint density at radius 2 is 1.88 bits per heavy atom. The van der Waals surface area contributed by atoms with Crippen molar-refractivity contribution in [2.24, 2.45) is 0 Å². The van der Waals surface area contributed by atoms with Crippen LogP contribution in [0.25, 0.3) is 0 Å². The topological polar surface area (TPSA) is 55.4 Å². The van der Waals surface area contributed by atoms with Crippen LogP contribution >= 0.6 is 11.3 Å². The zero-order chi connectivity index (χ0) is 16.9. The molecule has 126 valence electrons. The molecule has 0 bridgehead atoms. The summed E-state index contributed by atoms with van der Waals surface area (Å²) in [5.74, 6) is -0.701. The summed E-state index contributed by atoms with van der Waals surface area (Å²) >= 11 is 1.31. The number of thiophene rings is 1. The van der Waals surface area contributed by atoms with Crippen molar-refractivity contribution < 1.29 is 14.3 Å². The maximum absolute atomic E-state index is 12.7. The highest BCUT2D eigenvalue weighted by Gasteiger charge is 2.28. The van der Waals surface area contributed by atoms with Crippen LogP contribution in [-0.2, 0) is 9.53 Å². The van der Waals surface area contributed by atoms with Gasteiger partial charge < -0.3 is 10.1 Å². The molecule has 0 spiro atoms. The van der Waals surface area contributed by atoms with E-state index < -0.39 is 12.1 Å². The molecule has 1 saturated carbocycles. The van der Waals surface area contributed by atoms with Gasteiger partial charge in [0.1, 0.15) is 4.88 Å². The Morgan fingerprint density at radius 3 is 2.50 bits per heavy atom. The first-order chi connectivity index (χ1) is 11.6. The van der Waals surface area contributed by atoms with Gasteiger partial charge in [-0.15, -0.1) is 11.3 Å². The third-order valence-corrected chi connectivity index (χ3v) is 5.12. The minimum atomic E-state index is -0.916. The molecule has 3 rings (SSSR count). The van der Waals surface area contributed by atoms with Gasteiger partial charge in [0, 0.05) is 11.6 Å². The quantitative estimate of drug-likeness (QED) is 0.835. The van der Waals surface area contributed by atoms with E-state index >= 15 is 0 Å². The predicted molar refractivity (Wildman–Crippen MR) is 94.1 cm³/mol. The number of carbonyl (C=O) groups is 2. The fourth-order valence-electron chi connectivity index (χ4n) is 2.92. The van der Waals surface area contributed by atoms with Crippen molar-refractivity contribution >= 4 is 23.2 Å². The molecule has 0 saturated heterocycles. The molecule has 5 heteroatoms. The van der Waals surface area contributed by atoms with E-state index in [0.29, 0.717) is 10.4 Å². The molecule has 1 amide bonds. The second-order valence-corrected chi connectivity index (χ2v) is 7.11. The van der Waals surface area contributed by atoms with Crippen LogP contribution in [0, 0.1) is 6.92 Å². The van der Waals surface area contributed by atoms with Crippen molar-refractivity contribution in [2.45, 2.75) is 44.8 Å². The van der Waals surface area contributed by atoms with Crippen molar-refractivity contribution in [3.63, 3.8) is 0 Å². The number of amides is 1. The number of esters is 1. The Kier molecular flexibility index (Phi) is 5.30. The maximum atomic E-state index is 12.7. The number of rotatable bonds is 5. The molecular formula is C19H21NO3S. The van der Waals surface area contributed by atoms with Gasteiger partial charge in [-0.2, -0.15) is 0 Å². The summed E-state index contributed by atoms with van der Waals surface area (Å²) in [6.45, 7) is 1.98. The highest BCUT2D eigenvalue weighted by molar-refractivity contribution is 7.11. The molecule has 24 heavy (non-hydrogen) atoms. The van der Waals surface area contributed by atoms with Crippen LogP contribution in [0.1, 0.15) is 52.6 Å². The lowest BCUT2D eigenvalue weighted by molar-refractivity contribution is -0.131. The Labute approximate surface area is 145 Å². The number of hydrogen-bond donors (Lipinski definition) is 1. The normalized spacial score (nSPS) is 15.9. The molecule has 1 fully saturated rings. The monoisotopic (exact) mass is 343 g/mol. The first kappa shape index (κ1) is 16.7. The average Bonchev–Trinajstić information content (AvgIpc) is 3.27. The highest BCUT2D eigenvalue weighted by Crippen LogP contribution is 2.24. The SMILES string of the molecule is Cc1ccc([C@H](OC(=O)c2cccs2)C(=O)NC2CCCC2)cc1. The maximum Gasteiger partial charge on any atom is 0.349 e. The molecule has 1 atom stereocenters. The Morgan fingerprint density at radius 1 is 1.17 bits per heavy atom. The smallest absolute Gasteiger partial charge is 0.349 e. The van der Waals surface area contributed by atoms with Gasteiger partial charge in [-0.1, -0.05) is 48.7 Å². The van der Waals surface area contributed by atoms with E-state index in [4.69, 9.17) is 4.74 Å². The Bertz CT molecular complexity index is 688. The zero-order valence-corrected chi connectivity index (χ0v) is 14.5. The molecule has 2 aromatic rings. The van der Waals surface area contributed by atoms with Gasteiger partial charge in [0.2, 0.25) is 6.10 Å². The van der Waals surface area contributed by atoms with E-state index in [1.165, 1.54) is 11.3 Å². The van der Waals surface area contributed by atoms with Crippen molar-refractivity contribution in [1.82, 2.24) is 5.32 Å². The number of carbonyl (C=O) groups excluding carboxylic acids is 2. The second kappa shape index (κ2) is 7.62. The van der Waals surface area contributed by atoms with Gasteiger partial charge in [0.05, 0.1) is 0 Å². The lowest BCUT2D eigenvalue weighted by Gasteiger charge is -2.20. The largest absolute Gasteiger partial charge is 0.443 e. The van der Waals surface area contributed by atoms with Crippen LogP contribution in [0.4, 0.5) is 0 Å². The van der Waals surface area contributed by atoms with Crippen LogP contribution in [0.5, 0.6) is 0 Å². The van der Waals surface area contributed by atoms with Crippen LogP contribution < -0.4 is 5.32 Å². The molecule has 0 aliphatic heterocycles. The molecule has 0 radical (unpaired) electrons. The summed E-state index contributed by atoms with van der Waals surface area (Å²) in [7, 11) is 0. The molecule has 1 aliphatic carbocycles. The number of nitrogens with one attached hydrogen (secondary N) is 1.